The largest absolute Gasteiger partial charge is 0.444 e. The Hall–Kier alpha value is -2.05. The predicted octanol–water partition coefficient (Wildman–Crippen LogP) is 3.13. The second-order valence-corrected chi connectivity index (χ2v) is 7.44. The van der Waals surface area contributed by atoms with E-state index in [1.807, 2.05) is 0 Å². The number of amides is 2. The molecule has 0 radical (unpaired) electrons. The monoisotopic (exact) mass is 337 g/mol. The average molecular weight is 337 g/mol. The van der Waals surface area contributed by atoms with Crippen LogP contribution in [0.2, 0.25) is 0 Å². The minimum atomic E-state index is -0.573. The Labute approximate surface area is 142 Å². The Kier molecular flexibility index (Phi) is 5.51. The van der Waals surface area contributed by atoms with Crippen LogP contribution in [0, 0.1) is 5.92 Å². The summed E-state index contributed by atoms with van der Waals surface area (Å²) in [5.74, 6) is 1.01. The fraction of sp³-hybridized carbons (Fsp3) is 0.706. The SMILES string of the molecule is CC(NC(=O)OC(C)(C)C)c1cc(C(=O)N(C)CCC2CC2)no1. The lowest BCUT2D eigenvalue weighted by Crippen LogP contribution is -2.33. The number of alkyl carbamates (subject to hydrolysis) is 1. The van der Waals surface area contributed by atoms with Crippen molar-refractivity contribution in [3.63, 3.8) is 0 Å². The molecular weight excluding hydrogens is 310 g/mol. The van der Waals surface area contributed by atoms with Gasteiger partial charge in [0.1, 0.15) is 5.60 Å². The van der Waals surface area contributed by atoms with Crippen LogP contribution in [-0.2, 0) is 4.74 Å². The molecule has 1 N–H and O–H groups in total. The fourth-order valence-electron chi connectivity index (χ4n) is 2.23. The van der Waals surface area contributed by atoms with Gasteiger partial charge in [-0.05, 0) is 40.0 Å². The molecule has 2 rings (SSSR count). The highest BCUT2D eigenvalue weighted by Crippen LogP contribution is 2.32. The van der Waals surface area contributed by atoms with Gasteiger partial charge in [0.2, 0.25) is 0 Å². The summed E-state index contributed by atoms with van der Waals surface area (Å²) in [7, 11) is 1.77. The summed E-state index contributed by atoms with van der Waals surface area (Å²) in [5.41, 5.74) is -0.322. The lowest BCUT2D eigenvalue weighted by atomic mass is 10.2. The first-order chi connectivity index (χ1) is 11.2. The lowest BCUT2D eigenvalue weighted by Gasteiger charge is -2.21. The zero-order valence-electron chi connectivity index (χ0n) is 15.1. The zero-order valence-corrected chi connectivity index (χ0v) is 15.1. The predicted molar refractivity (Wildman–Crippen MR) is 88.6 cm³/mol. The molecule has 1 fully saturated rings. The van der Waals surface area contributed by atoms with Crippen molar-refractivity contribution in [2.24, 2.45) is 5.92 Å². The molecule has 0 bridgehead atoms. The van der Waals surface area contributed by atoms with E-state index in [2.05, 4.69) is 10.5 Å². The van der Waals surface area contributed by atoms with Gasteiger partial charge in [0, 0.05) is 19.7 Å². The van der Waals surface area contributed by atoms with Crippen molar-refractivity contribution in [3.05, 3.63) is 17.5 Å². The van der Waals surface area contributed by atoms with Gasteiger partial charge in [-0.3, -0.25) is 4.79 Å². The summed E-state index contributed by atoms with van der Waals surface area (Å²) in [6.45, 7) is 7.84. The van der Waals surface area contributed by atoms with E-state index in [1.54, 1.807) is 45.7 Å². The molecule has 1 aromatic rings. The van der Waals surface area contributed by atoms with E-state index in [0.29, 0.717) is 5.76 Å². The van der Waals surface area contributed by atoms with Crippen LogP contribution in [0.4, 0.5) is 4.79 Å². The fourth-order valence-corrected chi connectivity index (χ4v) is 2.23. The number of carbonyl (C=O) groups is 2. The van der Waals surface area contributed by atoms with E-state index in [-0.39, 0.29) is 11.6 Å². The molecule has 1 aliphatic rings. The third-order valence-corrected chi connectivity index (χ3v) is 3.82. The van der Waals surface area contributed by atoms with E-state index in [4.69, 9.17) is 9.26 Å². The van der Waals surface area contributed by atoms with Crippen LogP contribution in [-0.4, -0.2) is 41.3 Å². The van der Waals surface area contributed by atoms with Gasteiger partial charge in [-0.1, -0.05) is 18.0 Å². The normalized spacial score (nSPS) is 15.7. The van der Waals surface area contributed by atoms with E-state index in [0.717, 1.165) is 18.9 Å². The maximum atomic E-state index is 12.3. The van der Waals surface area contributed by atoms with Crippen molar-refractivity contribution in [1.82, 2.24) is 15.4 Å². The number of ether oxygens (including phenoxy) is 1. The highest BCUT2D eigenvalue weighted by atomic mass is 16.6. The number of aromatic nitrogens is 1. The first kappa shape index (κ1) is 18.3. The molecule has 7 heteroatoms. The molecule has 1 unspecified atom stereocenters. The Morgan fingerprint density at radius 2 is 2.12 bits per heavy atom. The molecule has 1 aromatic heterocycles. The number of nitrogens with one attached hydrogen (secondary N) is 1. The van der Waals surface area contributed by atoms with E-state index in [9.17, 15) is 9.59 Å². The molecule has 0 spiro atoms. The maximum Gasteiger partial charge on any atom is 0.408 e. The number of rotatable bonds is 6. The van der Waals surface area contributed by atoms with Crippen molar-refractivity contribution in [1.29, 1.82) is 0 Å². The molecule has 1 heterocycles. The molecule has 0 aliphatic heterocycles. The van der Waals surface area contributed by atoms with Crippen LogP contribution >= 0.6 is 0 Å². The second-order valence-electron chi connectivity index (χ2n) is 7.44. The first-order valence-corrected chi connectivity index (χ1v) is 8.37. The average Bonchev–Trinajstić information content (AvgIpc) is 3.15. The zero-order chi connectivity index (χ0) is 17.9. The quantitative estimate of drug-likeness (QED) is 0.862. The van der Waals surface area contributed by atoms with Gasteiger partial charge < -0.3 is 19.5 Å². The minimum absolute atomic E-state index is 0.171. The van der Waals surface area contributed by atoms with Crippen LogP contribution < -0.4 is 5.32 Å². The molecule has 7 nitrogen and oxygen atoms in total. The van der Waals surface area contributed by atoms with Crippen LogP contribution in [0.1, 0.15) is 69.2 Å². The first-order valence-electron chi connectivity index (χ1n) is 8.37. The standard InChI is InChI=1S/C17H27N3O4/c1-11(18-16(22)23-17(2,3)4)14-10-13(19-24-14)15(21)20(5)9-8-12-6-7-12/h10-12H,6-9H2,1-5H3,(H,18,22). The lowest BCUT2D eigenvalue weighted by molar-refractivity contribution is 0.0500. The van der Waals surface area contributed by atoms with Gasteiger partial charge in [0.05, 0.1) is 6.04 Å². The van der Waals surface area contributed by atoms with E-state index < -0.39 is 17.7 Å². The molecule has 24 heavy (non-hydrogen) atoms. The summed E-state index contributed by atoms with van der Waals surface area (Å²) < 4.78 is 10.4. The molecule has 1 atom stereocenters. The van der Waals surface area contributed by atoms with Gasteiger partial charge in [-0.15, -0.1) is 0 Å². The van der Waals surface area contributed by atoms with Crippen LogP contribution in [0.5, 0.6) is 0 Å². The third kappa shape index (κ3) is 5.54. The molecule has 1 aliphatic carbocycles. The number of hydrogen-bond donors (Lipinski definition) is 1. The third-order valence-electron chi connectivity index (χ3n) is 3.82. The van der Waals surface area contributed by atoms with Gasteiger partial charge >= 0.3 is 6.09 Å². The van der Waals surface area contributed by atoms with Gasteiger partial charge in [0.25, 0.3) is 5.91 Å². The summed E-state index contributed by atoms with van der Waals surface area (Å²) >= 11 is 0. The van der Waals surface area contributed by atoms with Crippen molar-refractivity contribution in [2.75, 3.05) is 13.6 Å². The van der Waals surface area contributed by atoms with Crippen LogP contribution in [0.15, 0.2) is 10.6 Å². The molecule has 1 saturated carbocycles. The number of nitrogens with zero attached hydrogens (tertiary/aromatic N) is 2. The summed E-state index contributed by atoms with van der Waals surface area (Å²) in [5, 5.41) is 6.49. The Bertz CT molecular complexity index is 587. The smallest absolute Gasteiger partial charge is 0.408 e. The maximum absolute atomic E-state index is 12.3. The molecule has 2 amide bonds. The topological polar surface area (TPSA) is 84.7 Å². The second kappa shape index (κ2) is 7.23. The molecule has 0 aromatic carbocycles. The molecule has 0 saturated heterocycles. The van der Waals surface area contributed by atoms with Crippen molar-refractivity contribution in [2.45, 2.75) is 58.6 Å². The summed E-state index contributed by atoms with van der Waals surface area (Å²) in [6.07, 6.45) is 3.03. The van der Waals surface area contributed by atoms with Crippen molar-refractivity contribution < 1.29 is 18.8 Å². The van der Waals surface area contributed by atoms with Crippen LogP contribution in [0.3, 0.4) is 0 Å². The van der Waals surface area contributed by atoms with Gasteiger partial charge in [0.15, 0.2) is 11.5 Å². The molecular formula is C17H27N3O4. The summed E-state index contributed by atoms with van der Waals surface area (Å²) in [4.78, 5) is 25.7. The van der Waals surface area contributed by atoms with E-state index in [1.165, 1.54) is 12.8 Å². The number of carbonyl (C=O) groups excluding carboxylic acids is 2. The van der Waals surface area contributed by atoms with Crippen molar-refractivity contribution >= 4 is 12.0 Å². The van der Waals surface area contributed by atoms with Gasteiger partial charge in [-0.25, -0.2) is 4.79 Å². The Balaban J connectivity index is 1.88. The highest BCUT2D eigenvalue weighted by Gasteiger charge is 2.25. The number of hydrogen-bond acceptors (Lipinski definition) is 5. The Morgan fingerprint density at radius 3 is 2.71 bits per heavy atom. The van der Waals surface area contributed by atoms with Gasteiger partial charge in [-0.2, -0.15) is 0 Å². The van der Waals surface area contributed by atoms with Crippen molar-refractivity contribution in [3.8, 4) is 0 Å². The minimum Gasteiger partial charge on any atom is -0.444 e. The Morgan fingerprint density at radius 1 is 1.46 bits per heavy atom. The molecule has 134 valence electrons. The van der Waals surface area contributed by atoms with E-state index >= 15 is 0 Å². The summed E-state index contributed by atoms with van der Waals surface area (Å²) in [6, 6.07) is 1.13. The highest BCUT2D eigenvalue weighted by molar-refractivity contribution is 5.92. The van der Waals surface area contributed by atoms with Crippen LogP contribution in [0.25, 0.3) is 0 Å².